The van der Waals surface area contributed by atoms with Crippen molar-refractivity contribution >= 4 is 18.0 Å². The average Bonchev–Trinajstić information content (AvgIpc) is 2.38. The van der Waals surface area contributed by atoms with Crippen LogP contribution in [0.5, 0.6) is 11.5 Å². The number of carbonyl (C=O) groups is 2. The molecule has 0 heterocycles. The van der Waals surface area contributed by atoms with Crippen LogP contribution < -0.4 is 15.2 Å². The summed E-state index contributed by atoms with van der Waals surface area (Å²) in [5, 5.41) is 8.78. The molecule has 1 aromatic carbocycles. The number of nitrogens with two attached hydrogens (primary N) is 1. The Balaban J connectivity index is 3.19. The van der Waals surface area contributed by atoms with E-state index in [1.54, 1.807) is 25.1 Å². The van der Waals surface area contributed by atoms with Crippen LogP contribution in [0.1, 0.15) is 19.4 Å². The van der Waals surface area contributed by atoms with Gasteiger partial charge in [-0.15, -0.1) is 0 Å². The van der Waals surface area contributed by atoms with Gasteiger partial charge in [0, 0.05) is 6.92 Å². The predicted octanol–water partition coefficient (Wildman–Crippen LogP) is 1.40. The summed E-state index contributed by atoms with van der Waals surface area (Å²) in [7, 11) is 0. The van der Waals surface area contributed by atoms with Gasteiger partial charge in [0.15, 0.2) is 11.5 Å². The third kappa shape index (κ3) is 4.14. The summed E-state index contributed by atoms with van der Waals surface area (Å²) < 4.78 is 10.3. The number of hydrogen-bond donors (Lipinski definition) is 1. The Hall–Kier alpha value is -2.81. The van der Waals surface area contributed by atoms with Crippen molar-refractivity contribution in [2.45, 2.75) is 13.8 Å². The minimum atomic E-state index is -0.811. The van der Waals surface area contributed by atoms with Crippen molar-refractivity contribution in [2.75, 3.05) is 6.61 Å². The number of esters is 1. The maximum Gasteiger partial charge on any atom is 0.308 e. The monoisotopic (exact) mass is 274 g/mol. The van der Waals surface area contributed by atoms with E-state index in [1.165, 1.54) is 19.1 Å². The van der Waals surface area contributed by atoms with Crippen LogP contribution in [0.25, 0.3) is 6.08 Å². The standard InChI is InChI=1S/C14H14N2O4/c1-3-19-13-7-10(6-11(8-15)14(16)18)4-5-12(13)20-9(2)17/h4-7H,3H2,1-2H3,(H2,16,18)/b11-6+. The van der Waals surface area contributed by atoms with Crippen molar-refractivity contribution < 1.29 is 19.1 Å². The number of ether oxygens (including phenoxy) is 2. The fraction of sp³-hybridized carbons (Fsp3) is 0.214. The van der Waals surface area contributed by atoms with Gasteiger partial charge in [-0.2, -0.15) is 5.26 Å². The Morgan fingerprint density at radius 1 is 1.40 bits per heavy atom. The summed E-state index contributed by atoms with van der Waals surface area (Å²) >= 11 is 0. The van der Waals surface area contributed by atoms with Crippen molar-refractivity contribution in [3.63, 3.8) is 0 Å². The highest BCUT2D eigenvalue weighted by Crippen LogP contribution is 2.29. The van der Waals surface area contributed by atoms with Crippen LogP contribution >= 0.6 is 0 Å². The van der Waals surface area contributed by atoms with Crippen molar-refractivity contribution in [2.24, 2.45) is 5.73 Å². The predicted molar refractivity (Wildman–Crippen MR) is 71.7 cm³/mol. The van der Waals surface area contributed by atoms with E-state index in [1.807, 2.05) is 0 Å². The van der Waals surface area contributed by atoms with Gasteiger partial charge in [0.25, 0.3) is 5.91 Å². The second-order valence-corrected chi connectivity index (χ2v) is 3.77. The summed E-state index contributed by atoms with van der Waals surface area (Å²) in [5.74, 6) is -0.661. The molecule has 6 heteroatoms. The molecule has 0 unspecified atom stereocenters. The summed E-state index contributed by atoms with van der Waals surface area (Å²) in [6.45, 7) is 3.44. The van der Waals surface area contributed by atoms with Gasteiger partial charge in [0.1, 0.15) is 11.6 Å². The minimum Gasteiger partial charge on any atom is -0.490 e. The van der Waals surface area contributed by atoms with Gasteiger partial charge in [-0.05, 0) is 30.7 Å². The minimum absolute atomic E-state index is 0.173. The normalized spacial score (nSPS) is 10.6. The number of benzene rings is 1. The molecular weight excluding hydrogens is 260 g/mol. The van der Waals surface area contributed by atoms with E-state index in [0.29, 0.717) is 17.9 Å². The van der Waals surface area contributed by atoms with Gasteiger partial charge in [-0.3, -0.25) is 9.59 Å². The zero-order valence-electron chi connectivity index (χ0n) is 11.2. The molecule has 20 heavy (non-hydrogen) atoms. The second kappa shape index (κ2) is 6.95. The highest BCUT2D eigenvalue weighted by atomic mass is 16.6. The maximum atomic E-state index is 11.0. The van der Waals surface area contributed by atoms with E-state index in [2.05, 4.69) is 0 Å². The third-order valence-electron chi connectivity index (χ3n) is 2.22. The van der Waals surface area contributed by atoms with Gasteiger partial charge in [-0.25, -0.2) is 0 Å². The summed E-state index contributed by atoms with van der Waals surface area (Å²) in [6, 6.07) is 6.37. The van der Waals surface area contributed by atoms with Gasteiger partial charge in [-0.1, -0.05) is 6.07 Å². The Labute approximate surface area is 116 Å². The molecule has 0 radical (unpaired) electrons. The number of amides is 1. The van der Waals surface area contributed by atoms with Crippen LogP contribution in [-0.2, 0) is 9.59 Å². The van der Waals surface area contributed by atoms with Crippen LogP contribution in [0.2, 0.25) is 0 Å². The number of hydrogen-bond acceptors (Lipinski definition) is 5. The first-order valence-corrected chi connectivity index (χ1v) is 5.84. The fourth-order valence-electron chi connectivity index (χ4n) is 1.45. The molecule has 6 nitrogen and oxygen atoms in total. The molecule has 0 aliphatic heterocycles. The Bertz CT molecular complexity index is 600. The molecule has 1 amide bonds. The average molecular weight is 274 g/mol. The van der Waals surface area contributed by atoms with E-state index in [-0.39, 0.29) is 11.3 Å². The Kier molecular flexibility index (Phi) is 5.30. The molecule has 0 atom stereocenters. The number of nitrogens with zero attached hydrogens (tertiary/aromatic N) is 1. The van der Waals surface area contributed by atoms with E-state index < -0.39 is 11.9 Å². The quantitative estimate of drug-likeness (QED) is 0.378. The zero-order chi connectivity index (χ0) is 15.1. The highest BCUT2D eigenvalue weighted by Gasteiger charge is 2.09. The zero-order valence-corrected chi connectivity index (χ0v) is 11.2. The van der Waals surface area contributed by atoms with Crippen molar-refractivity contribution in [1.29, 1.82) is 5.26 Å². The van der Waals surface area contributed by atoms with E-state index >= 15 is 0 Å². The van der Waals surface area contributed by atoms with Gasteiger partial charge in [0.2, 0.25) is 0 Å². The lowest BCUT2D eigenvalue weighted by atomic mass is 10.1. The molecule has 0 saturated carbocycles. The molecule has 0 saturated heterocycles. The SMILES string of the molecule is CCOc1cc(/C=C(\C#N)C(N)=O)ccc1OC(C)=O. The Morgan fingerprint density at radius 3 is 2.60 bits per heavy atom. The van der Waals surface area contributed by atoms with E-state index in [0.717, 1.165) is 0 Å². The van der Waals surface area contributed by atoms with Gasteiger partial charge in [0.05, 0.1) is 6.61 Å². The van der Waals surface area contributed by atoms with Crippen LogP contribution in [0.15, 0.2) is 23.8 Å². The van der Waals surface area contributed by atoms with Crippen LogP contribution in [0.3, 0.4) is 0 Å². The molecule has 0 aliphatic rings. The van der Waals surface area contributed by atoms with Crippen molar-refractivity contribution in [3.05, 3.63) is 29.3 Å². The van der Waals surface area contributed by atoms with Crippen LogP contribution in [0, 0.1) is 11.3 Å². The first-order valence-electron chi connectivity index (χ1n) is 5.84. The second-order valence-electron chi connectivity index (χ2n) is 3.77. The van der Waals surface area contributed by atoms with Crippen molar-refractivity contribution in [3.8, 4) is 17.6 Å². The van der Waals surface area contributed by atoms with Gasteiger partial charge >= 0.3 is 5.97 Å². The molecule has 0 aliphatic carbocycles. The molecule has 0 fully saturated rings. The largest absolute Gasteiger partial charge is 0.490 e. The van der Waals surface area contributed by atoms with E-state index in [9.17, 15) is 9.59 Å². The van der Waals surface area contributed by atoms with Gasteiger partial charge < -0.3 is 15.2 Å². The third-order valence-corrected chi connectivity index (χ3v) is 2.22. The highest BCUT2D eigenvalue weighted by molar-refractivity contribution is 6.00. The van der Waals surface area contributed by atoms with Crippen molar-refractivity contribution in [1.82, 2.24) is 0 Å². The summed E-state index contributed by atoms with van der Waals surface area (Å²) in [5.41, 5.74) is 5.43. The number of carbonyl (C=O) groups excluding carboxylic acids is 2. The molecule has 0 aromatic heterocycles. The molecule has 0 bridgehead atoms. The number of primary amides is 1. The number of rotatable bonds is 5. The number of nitriles is 1. The van der Waals surface area contributed by atoms with Crippen LogP contribution in [0.4, 0.5) is 0 Å². The molecule has 1 aromatic rings. The lowest BCUT2D eigenvalue weighted by Crippen LogP contribution is -2.12. The molecule has 1 rings (SSSR count). The lowest BCUT2D eigenvalue weighted by molar-refractivity contribution is -0.132. The maximum absolute atomic E-state index is 11.0. The smallest absolute Gasteiger partial charge is 0.308 e. The Morgan fingerprint density at radius 2 is 2.10 bits per heavy atom. The summed E-state index contributed by atoms with van der Waals surface area (Å²) in [4.78, 5) is 22.0. The molecule has 0 spiro atoms. The molecule has 104 valence electrons. The molecule has 2 N–H and O–H groups in total. The molecular formula is C14H14N2O4. The van der Waals surface area contributed by atoms with Crippen LogP contribution in [-0.4, -0.2) is 18.5 Å². The fourth-order valence-corrected chi connectivity index (χ4v) is 1.45. The lowest BCUT2D eigenvalue weighted by Gasteiger charge is -2.10. The first kappa shape index (κ1) is 15.2. The summed E-state index contributed by atoms with van der Waals surface area (Å²) in [6.07, 6.45) is 1.34. The first-order chi connectivity index (χ1) is 9.47. The van der Waals surface area contributed by atoms with E-state index in [4.69, 9.17) is 20.5 Å². The topological polar surface area (TPSA) is 102 Å².